The summed E-state index contributed by atoms with van der Waals surface area (Å²) in [7, 11) is 0. The molecule has 0 bridgehead atoms. The molecule has 2 atom stereocenters. The van der Waals surface area contributed by atoms with E-state index in [4.69, 9.17) is 4.74 Å². The average molecular weight is 417 g/mol. The first-order chi connectivity index (χ1) is 15.1. The van der Waals surface area contributed by atoms with Gasteiger partial charge in [-0.1, -0.05) is 36.4 Å². The number of nitrogens with one attached hydrogen (secondary N) is 1. The molecule has 1 aromatic heterocycles. The Morgan fingerprint density at radius 1 is 1.13 bits per heavy atom. The molecule has 1 fully saturated rings. The summed E-state index contributed by atoms with van der Waals surface area (Å²) in [5, 5.41) is 13.8. The van der Waals surface area contributed by atoms with E-state index in [1.54, 1.807) is 65.8 Å². The van der Waals surface area contributed by atoms with Crippen LogP contribution in [-0.4, -0.2) is 46.1 Å². The second-order valence-electron chi connectivity index (χ2n) is 7.35. The van der Waals surface area contributed by atoms with E-state index in [9.17, 15) is 14.7 Å². The minimum absolute atomic E-state index is 0.00601. The second-order valence-corrected chi connectivity index (χ2v) is 7.35. The zero-order valence-electron chi connectivity index (χ0n) is 16.8. The number of carbonyl (C=O) groups excluding carboxylic acids is 2. The molecule has 7 nitrogen and oxygen atoms in total. The predicted molar refractivity (Wildman–Crippen MR) is 115 cm³/mol. The van der Waals surface area contributed by atoms with E-state index < -0.39 is 12.1 Å². The molecule has 1 saturated heterocycles. The van der Waals surface area contributed by atoms with Crippen molar-refractivity contribution >= 4 is 17.5 Å². The molecule has 31 heavy (non-hydrogen) atoms. The maximum absolute atomic E-state index is 12.5. The first-order valence-corrected chi connectivity index (χ1v) is 10.0. The van der Waals surface area contributed by atoms with Crippen LogP contribution in [0.15, 0.2) is 79.1 Å². The number of anilines is 1. The number of pyridine rings is 1. The lowest BCUT2D eigenvalue weighted by atomic mass is 9.99. The highest BCUT2D eigenvalue weighted by Gasteiger charge is 2.34. The van der Waals surface area contributed by atoms with Crippen LogP contribution in [0.2, 0.25) is 0 Å². The third kappa shape index (κ3) is 4.96. The molecule has 2 unspecified atom stereocenters. The van der Waals surface area contributed by atoms with Crippen molar-refractivity contribution in [1.29, 1.82) is 0 Å². The molecular weight excluding hydrogens is 394 g/mol. The molecule has 0 spiro atoms. The standard InChI is InChI=1S/C24H23N3O4/c28-22-16-31-15-21(27(22)14-17-5-4-12-25-13-17)23(29)18-8-10-20(11-9-18)26-24(30)19-6-2-1-3-7-19/h1-13,21,23,29H,14-16H2,(H,26,30). The van der Waals surface area contributed by atoms with Crippen LogP contribution >= 0.6 is 0 Å². The number of rotatable bonds is 6. The fourth-order valence-electron chi connectivity index (χ4n) is 3.56. The summed E-state index contributed by atoms with van der Waals surface area (Å²) in [6.45, 7) is 0.580. The number of hydrogen-bond acceptors (Lipinski definition) is 5. The zero-order valence-corrected chi connectivity index (χ0v) is 16.8. The molecule has 1 aliphatic rings. The Morgan fingerprint density at radius 2 is 1.90 bits per heavy atom. The average Bonchev–Trinajstić information content (AvgIpc) is 2.82. The highest BCUT2D eigenvalue weighted by Crippen LogP contribution is 2.26. The predicted octanol–water partition coefficient (Wildman–Crippen LogP) is 2.79. The van der Waals surface area contributed by atoms with E-state index in [-0.39, 0.29) is 25.0 Å². The van der Waals surface area contributed by atoms with Gasteiger partial charge < -0.3 is 20.1 Å². The van der Waals surface area contributed by atoms with Crippen LogP contribution in [0.3, 0.4) is 0 Å². The van der Waals surface area contributed by atoms with Crippen LogP contribution < -0.4 is 5.32 Å². The summed E-state index contributed by atoms with van der Waals surface area (Å²) < 4.78 is 5.41. The van der Waals surface area contributed by atoms with Crippen molar-refractivity contribution in [3.63, 3.8) is 0 Å². The Hall–Kier alpha value is -3.55. The van der Waals surface area contributed by atoms with E-state index >= 15 is 0 Å². The van der Waals surface area contributed by atoms with Crippen molar-refractivity contribution in [3.8, 4) is 0 Å². The molecule has 7 heteroatoms. The van der Waals surface area contributed by atoms with Gasteiger partial charge >= 0.3 is 0 Å². The van der Waals surface area contributed by atoms with Gasteiger partial charge in [-0.3, -0.25) is 14.6 Å². The van der Waals surface area contributed by atoms with Crippen molar-refractivity contribution in [2.45, 2.75) is 18.7 Å². The van der Waals surface area contributed by atoms with Crippen molar-refractivity contribution in [3.05, 3.63) is 95.8 Å². The van der Waals surface area contributed by atoms with Crippen LogP contribution in [0.25, 0.3) is 0 Å². The number of hydrogen-bond donors (Lipinski definition) is 2. The van der Waals surface area contributed by atoms with Crippen LogP contribution in [0.5, 0.6) is 0 Å². The normalized spacial score (nSPS) is 17.3. The van der Waals surface area contributed by atoms with E-state index in [2.05, 4.69) is 10.3 Å². The number of ether oxygens (including phenoxy) is 1. The van der Waals surface area contributed by atoms with Gasteiger partial charge in [-0.05, 0) is 41.5 Å². The van der Waals surface area contributed by atoms with Gasteiger partial charge in [-0.2, -0.15) is 0 Å². The number of nitrogens with zero attached hydrogens (tertiary/aromatic N) is 2. The van der Waals surface area contributed by atoms with E-state index in [0.717, 1.165) is 5.56 Å². The molecule has 4 rings (SSSR count). The summed E-state index contributed by atoms with van der Waals surface area (Å²) >= 11 is 0. The molecule has 2 N–H and O–H groups in total. The molecule has 2 heterocycles. The lowest BCUT2D eigenvalue weighted by Crippen LogP contribution is -2.51. The number of aliphatic hydroxyl groups is 1. The van der Waals surface area contributed by atoms with Gasteiger partial charge in [0.05, 0.1) is 12.6 Å². The Bertz CT molecular complexity index is 1030. The molecular formula is C24H23N3O4. The lowest BCUT2D eigenvalue weighted by Gasteiger charge is -2.38. The van der Waals surface area contributed by atoms with Gasteiger partial charge in [0.2, 0.25) is 5.91 Å². The van der Waals surface area contributed by atoms with Crippen LogP contribution in [0, 0.1) is 0 Å². The van der Waals surface area contributed by atoms with Crippen LogP contribution in [0.1, 0.15) is 27.6 Å². The number of carbonyl (C=O) groups is 2. The van der Waals surface area contributed by atoms with Crippen molar-refractivity contribution in [2.24, 2.45) is 0 Å². The van der Waals surface area contributed by atoms with Crippen molar-refractivity contribution in [1.82, 2.24) is 9.88 Å². The highest BCUT2D eigenvalue weighted by atomic mass is 16.5. The molecule has 1 aliphatic heterocycles. The summed E-state index contributed by atoms with van der Waals surface area (Å²) in [4.78, 5) is 30.5. The first-order valence-electron chi connectivity index (χ1n) is 10.0. The van der Waals surface area contributed by atoms with Gasteiger partial charge in [-0.25, -0.2) is 0 Å². The van der Waals surface area contributed by atoms with E-state index in [1.165, 1.54) is 0 Å². The zero-order chi connectivity index (χ0) is 21.6. The number of morpholine rings is 1. The first kappa shape index (κ1) is 20.7. The summed E-state index contributed by atoms with van der Waals surface area (Å²) in [5.41, 5.74) is 2.70. The fourth-order valence-corrected chi connectivity index (χ4v) is 3.56. The topological polar surface area (TPSA) is 91.8 Å². The van der Waals surface area contributed by atoms with E-state index in [1.807, 2.05) is 18.2 Å². The lowest BCUT2D eigenvalue weighted by molar-refractivity contribution is -0.155. The minimum Gasteiger partial charge on any atom is -0.386 e. The number of amides is 2. The van der Waals surface area contributed by atoms with Crippen LogP contribution in [-0.2, 0) is 16.1 Å². The highest BCUT2D eigenvalue weighted by molar-refractivity contribution is 6.04. The maximum Gasteiger partial charge on any atom is 0.255 e. The summed E-state index contributed by atoms with van der Waals surface area (Å²) in [6, 6.07) is 19.1. The van der Waals surface area contributed by atoms with Crippen molar-refractivity contribution in [2.75, 3.05) is 18.5 Å². The van der Waals surface area contributed by atoms with Gasteiger partial charge in [-0.15, -0.1) is 0 Å². The molecule has 0 aliphatic carbocycles. The number of benzene rings is 2. The number of aliphatic hydroxyl groups excluding tert-OH is 1. The monoisotopic (exact) mass is 417 g/mol. The molecule has 0 radical (unpaired) electrons. The molecule has 158 valence electrons. The van der Waals surface area contributed by atoms with Gasteiger partial charge in [0.25, 0.3) is 5.91 Å². The second kappa shape index (κ2) is 9.51. The smallest absolute Gasteiger partial charge is 0.255 e. The fraction of sp³-hybridized carbons (Fsp3) is 0.208. The van der Waals surface area contributed by atoms with Gasteiger partial charge in [0, 0.05) is 30.2 Å². The molecule has 2 amide bonds. The Labute approximate surface area is 180 Å². The largest absolute Gasteiger partial charge is 0.386 e. The third-order valence-corrected chi connectivity index (χ3v) is 5.22. The summed E-state index contributed by atoms with van der Waals surface area (Å²) in [5.74, 6) is -0.381. The Morgan fingerprint density at radius 3 is 2.61 bits per heavy atom. The summed E-state index contributed by atoms with van der Waals surface area (Å²) in [6.07, 6.45) is 2.45. The Kier molecular flexibility index (Phi) is 6.35. The molecule has 3 aromatic rings. The van der Waals surface area contributed by atoms with E-state index in [0.29, 0.717) is 23.4 Å². The van der Waals surface area contributed by atoms with Gasteiger partial charge in [0.15, 0.2) is 0 Å². The Balaban J connectivity index is 1.46. The molecule has 2 aromatic carbocycles. The molecule has 0 saturated carbocycles. The SMILES string of the molecule is O=C(Nc1ccc(C(O)C2COCC(=O)N2Cc2cccnc2)cc1)c1ccccc1. The third-order valence-electron chi connectivity index (χ3n) is 5.22. The van der Waals surface area contributed by atoms with Crippen LogP contribution in [0.4, 0.5) is 5.69 Å². The maximum atomic E-state index is 12.5. The minimum atomic E-state index is -0.931. The quantitative estimate of drug-likeness (QED) is 0.644. The van der Waals surface area contributed by atoms with Gasteiger partial charge in [0.1, 0.15) is 12.7 Å². The van der Waals surface area contributed by atoms with Crippen molar-refractivity contribution < 1.29 is 19.4 Å². The number of aromatic nitrogens is 1.